The average Bonchev–Trinajstić information content (AvgIpc) is 3.18. The number of hydrogen-bond acceptors (Lipinski definition) is 4. The van der Waals surface area contributed by atoms with Crippen LogP contribution in [0.5, 0.6) is 5.75 Å². The molecule has 0 unspecified atom stereocenters. The van der Waals surface area contributed by atoms with Gasteiger partial charge < -0.3 is 15.0 Å². The van der Waals surface area contributed by atoms with Crippen LogP contribution in [0.1, 0.15) is 57.9 Å². The van der Waals surface area contributed by atoms with E-state index in [1.165, 1.54) is 17.7 Å². The zero-order valence-corrected chi connectivity index (χ0v) is 21.6. The van der Waals surface area contributed by atoms with Gasteiger partial charge in [-0.15, -0.1) is 0 Å². The molecule has 1 amide bonds. The fourth-order valence-corrected chi connectivity index (χ4v) is 5.40. The maximum absolute atomic E-state index is 13.8. The molecule has 5 rings (SSSR count). The molecule has 0 aliphatic heterocycles. The number of methoxy groups -OCH3 is 1. The number of rotatable bonds is 6. The highest BCUT2D eigenvalue weighted by Gasteiger charge is 2.35. The van der Waals surface area contributed by atoms with E-state index in [1.807, 2.05) is 51.1 Å². The Bertz CT molecular complexity index is 1590. The number of hydrogen-bond donors (Lipinski definition) is 2. The van der Waals surface area contributed by atoms with E-state index in [0.717, 1.165) is 22.2 Å². The van der Waals surface area contributed by atoms with Gasteiger partial charge in [-0.2, -0.15) is 0 Å². The summed E-state index contributed by atoms with van der Waals surface area (Å²) in [7, 11) is 1.54. The van der Waals surface area contributed by atoms with Crippen LogP contribution in [0.15, 0.2) is 59.4 Å². The minimum atomic E-state index is -0.494. The van der Waals surface area contributed by atoms with Crippen LogP contribution >= 0.6 is 0 Å². The Morgan fingerprint density at radius 3 is 2.59 bits per heavy atom. The maximum Gasteiger partial charge on any atom is 0.268 e. The summed E-state index contributed by atoms with van der Waals surface area (Å²) in [6.45, 7) is 6.39. The standard InChI is InChI=1S/C30H31N3O4/c1-18-19(20-9-5-6-10-23(20)32-18)13-14-31-28(35)22-15-21-25(16-30(2,3)17-26(21)34)33(29(22)36)24-11-7-8-12-27(24)37-4/h5-12,15,32H,13-14,16-17H2,1-4H3,(H,31,35). The molecule has 0 saturated carbocycles. The number of H-pyrrole nitrogens is 1. The molecular formula is C30H31N3O4. The second kappa shape index (κ2) is 9.39. The van der Waals surface area contributed by atoms with Crippen molar-refractivity contribution in [1.82, 2.24) is 14.9 Å². The van der Waals surface area contributed by atoms with Crippen molar-refractivity contribution in [2.45, 2.75) is 40.0 Å². The number of nitrogens with zero attached hydrogens (tertiary/aromatic N) is 1. The number of fused-ring (bicyclic) bond motifs is 2. The number of Topliss-reactive ketones (excluding diaryl/α,β-unsaturated/α-hetero) is 1. The van der Waals surface area contributed by atoms with Crippen LogP contribution in [-0.4, -0.2) is 34.9 Å². The van der Waals surface area contributed by atoms with Crippen LogP contribution < -0.4 is 15.6 Å². The highest BCUT2D eigenvalue weighted by Crippen LogP contribution is 2.36. The van der Waals surface area contributed by atoms with Crippen molar-refractivity contribution in [2.75, 3.05) is 13.7 Å². The van der Waals surface area contributed by atoms with E-state index in [2.05, 4.69) is 16.4 Å². The summed E-state index contributed by atoms with van der Waals surface area (Å²) in [5, 5.41) is 4.03. The molecule has 190 valence electrons. The Balaban J connectivity index is 1.52. The number of ether oxygens (including phenoxy) is 1. The van der Waals surface area contributed by atoms with Crippen LogP contribution in [0.4, 0.5) is 0 Å². The number of carbonyl (C=O) groups is 2. The predicted octanol–water partition coefficient (Wildman–Crippen LogP) is 4.76. The molecule has 0 fully saturated rings. The van der Waals surface area contributed by atoms with E-state index < -0.39 is 11.5 Å². The van der Waals surface area contributed by atoms with E-state index in [1.54, 1.807) is 12.1 Å². The van der Waals surface area contributed by atoms with Gasteiger partial charge in [0.25, 0.3) is 11.5 Å². The number of benzene rings is 2. The zero-order valence-electron chi connectivity index (χ0n) is 21.6. The van der Waals surface area contributed by atoms with Gasteiger partial charge in [0.2, 0.25) is 0 Å². The van der Waals surface area contributed by atoms with Gasteiger partial charge in [0.15, 0.2) is 5.78 Å². The van der Waals surface area contributed by atoms with Crippen molar-refractivity contribution >= 4 is 22.6 Å². The summed E-state index contributed by atoms with van der Waals surface area (Å²) in [4.78, 5) is 43.7. The number of nitrogens with one attached hydrogen (secondary N) is 2. The molecule has 0 spiro atoms. The fraction of sp³-hybridized carbons (Fsp3) is 0.300. The van der Waals surface area contributed by atoms with E-state index in [-0.39, 0.29) is 16.8 Å². The molecule has 1 aliphatic carbocycles. The van der Waals surface area contributed by atoms with Gasteiger partial charge in [0.05, 0.1) is 12.8 Å². The third-order valence-corrected chi connectivity index (χ3v) is 7.15. The summed E-state index contributed by atoms with van der Waals surface area (Å²) in [6.07, 6.45) is 1.49. The lowest BCUT2D eigenvalue weighted by Gasteiger charge is -2.32. The minimum absolute atomic E-state index is 0.0478. The van der Waals surface area contributed by atoms with Gasteiger partial charge in [-0.05, 0) is 55.0 Å². The zero-order chi connectivity index (χ0) is 26.3. The molecule has 7 heteroatoms. The molecule has 0 saturated heterocycles. The summed E-state index contributed by atoms with van der Waals surface area (Å²) < 4.78 is 7.02. The molecular weight excluding hydrogens is 466 g/mol. The molecule has 1 aliphatic rings. The first-order valence-corrected chi connectivity index (χ1v) is 12.5. The topological polar surface area (TPSA) is 93.2 Å². The second-order valence-electron chi connectivity index (χ2n) is 10.5. The smallest absolute Gasteiger partial charge is 0.268 e. The molecule has 7 nitrogen and oxygen atoms in total. The quantitative estimate of drug-likeness (QED) is 0.402. The number of ketones is 1. The summed E-state index contributed by atoms with van der Waals surface area (Å²) in [5.41, 5.74) is 3.97. The van der Waals surface area contributed by atoms with Crippen molar-refractivity contribution in [3.8, 4) is 11.4 Å². The van der Waals surface area contributed by atoms with Crippen LogP contribution in [0.2, 0.25) is 0 Å². The van der Waals surface area contributed by atoms with Gasteiger partial charge in [0.1, 0.15) is 11.3 Å². The third-order valence-electron chi connectivity index (χ3n) is 7.15. The monoisotopic (exact) mass is 497 g/mol. The Morgan fingerprint density at radius 2 is 1.81 bits per heavy atom. The normalized spacial score (nSPS) is 14.4. The third kappa shape index (κ3) is 4.46. The van der Waals surface area contributed by atoms with Gasteiger partial charge >= 0.3 is 0 Å². The molecule has 0 atom stereocenters. The lowest BCUT2D eigenvalue weighted by Crippen LogP contribution is -2.39. The second-order valence-corrected chi connectivity index (χ2v) is 10.5. The van der Waals surface area contributed by atoms with E-state index in [9.17, 15) is 14.4 Å². The maximum atomic E-state index is 13.8. The van der Waals surface area contributed by atoms with Crippen LogP contribution in [0, 0.1) is 12.3 Å². The first-order valence-electron chi connectivity index (χ1n) is 12.5. The van der Waals surface area contributed by atoms with Gasteiger partial charge in [0, 0.05) is 40.8 Å². The minimum Gasteiger partial charge on any atom is -0.495 e. The summed E-state index contributed by atoms with van der Waals surface area (Å²) in [6, 6.07) is 16.7. The highest BCUT2D eigenvalue weighted by molar-refractivity contribution is 6.02. The van der Waals surface area contributed by atoms with E-state index in [0.29, 0.717) is 48.5 Å². The molecule has 2 heterocycles. The number of aryl methyl sites for hydroxylation is 1. The van der Waals surface area contributed by atoms with Gasteiger partial charge in [-0.3, -0.25) is 19.0 Å². The summed E-state index contributed by atoms with van der Waals surface area (Å²) >= 11 is 0. The lowest BCUT2D eigenvalue weighted by atomic mass is 9.75. The van der Waals surface area contributed by atoms with Gasteiger partial charge in [-0.25, -0.2) is 0 Å². The number of aromatic amines is 1. The van der Waals surface area contributed by atoms with Crippen LogP contribution in [-0.2, 0) is 12.8 Å². The number of carbonyl (C=O) groups excluding carboxylic acids is 2. The SMILES string of the molecule is COc1ccccc1-n1c2c(cc(C(=O)NCCc3c(C)[nH]c4ccccc34)c1=O)C(=O)CC(C)(C)C2. The van der Waals surface area contributed by atoms with Crippen LogP contribution in [0.25, 0.3) is 16.6 Å². The Kier molecular flexibility index (Phi) is 6.23. The first-order chi connectivity index (χ1) is 17.7. The Morgan fingerprint density at radius 1 is 1.08 bits per heavy atom. The summed E-state index contributed by atoms with van der Waals surface area (Å²) in [5.74, 6) is -0.0695. The molecule has 0 radical (unpaired) electrons. The average molecular weight is 498 g/mol. The first kappa shape index (κ1) is 24.6. The lowest BCUT2D eigenvalue weighted by molar-refractivity contribution is 0.0908. The largest absolute Gasteiger partial charge is 0.495 e. The Hall–Kier alpha value is -4.13. The van der Waals surface area contributed by atoms with Crippen molar-refractivity contribution in [2.24, 2.45) is 5.41 Å². The van der Waals surface area contributed by atoms with E-state index in [4.69, 9.17) is 4.74 Å². The molecule has 2 N–H and O–H groups in total. The Labute approximate surface area is 215 Å². The predicted molar refractivity (Wildman–Crippen MR) is 144 cm³/mol. The number of aromatic nitrogens is 2. The number of pyridine rings is 1. The van der Waals surface area contributed by atoms with Crippen molar-refractivity contribution < 1.29 is 14.3 Å². The molecule has 37 heavy (non-hydrogen) atoms. The molecule has 2 aromatic heterocycles. The van der Waals surface area contributed by atoms with Crippen molar-refractivity contribution in [3.05, 3.63) is 93.0 Å². The van der Waals surface area contributed by atoms with Gasteiger partial charge in [-0.1, -0.05) is 44.2 Å². The van der Waals surface area contributed by atoms with Crippen molar-refractivity contribution in [3.63, 3.8) is 0 Å². The molecule has 4 aromatic rings. The fourth-order valence-electron chi connectivity index (χ4n) is 5.40. The molecule has 2 aromatic carbocycles. The van der Waals surface area contributed by atoms with Crippen molar-refractivity contribution in [1.29, 1.82) is 0 Å². The highest BCUT2D eigenvalue weighted by atomic mass is 16.5. The number of amides is 1. The van der Waals surface area contributed by atoms with Crippen LogP contribution in [0.3, 0.4) is 0 Å². The van der Waals surface area contributed by atoms with E-state index >= 15 is 0 Å². The molecule has 0 bridgehead atoms. The number of para-hydroxylation sites is 3.